The second-order valence-electron chi connectivity index (χ2n) is 4.84. The lowest BCUT2D eigenvalue weighted by Gasteiger charge is -2.28. The third-order valence-corrected chi connectivity index (χ3v) is 3.70. The molecule has 1 aromatic heterocycles. The molecule has 1 aliphatic rings. The van der Waals surface area contributed by atoms with Gasteiger partial charge in [0.05, 0.1) is 13.2 Å². The van der Waals surface area contributed by atoms with Gasteiger partial charge in [0.2, 0.25) is 0 Å². The molecule has 4 nitrogen and oxygen atoms in total. The summed E-state index contributed by atoms with van der Waals surface area (Å²) >= 11 is 5.82. The van der Waals surface area contributed by atoms with Crippen molar-refractivity contribution in [2.24, 2.45) is 0 Å². The van der Waals surface area contributed by atoms with Gasteiger partial charge < -0.3 is 9.64 Å². The molecule has 2 heterocycles. The fourth-order valence-electron chi connectivity index (χ4n) is 2.36. The largest absolute Gasteiger partial charge is 0.378 e. The van der Waals surface area contributed by atoms with E-state index < -0.39 is 0 Å². The first-order chi connectivity index (χ1) is 10.2. The van der Waals surface area contributed by atoms with Crippen LogP contribution in [-0.4, -0.2) is 37.1 Å². The van der Waals surface area contributed by atoms with Gasteiger partial charge in [-0.2, -0.15) is 0 Å². The van der Waals surface area contributed by atoms with E-state index in [1.807, 2.05) is 24.3 Å². The molecule has 0 bridgehead atoms. The molecule has 2 aromatic rings. The molecule has 5 heteroatoms. The molecule has 1 aromatic carbocycles. The Labute approximate surface area is 128 Å². The molecule has 0 saturated carbocycles. The van der Waals surface area contributed by atoms with Gasteiger partial charge in [-0.1, -0.05) is 11.6 Å². The Hall–Kier alpha value is -1.91. The van der Waals surface area contributed by atoms with E-state index in [2.05, 4.69) is 9.88 Å². The number of nitrogens with zero attached hydrogens (tertiary/aromatic N) is 2. The van der Waals surface area contributed by atoms with Gasteiger partial charge in [-0.3, -0.25) is 4.79 Å². The molecule has 0 N–H and O–H groups in total. The predicted molar refractivity (Wildman–Crippen MR) is 82.2 cm³/mol. The van der Waals surface area contributed by atoms with Crippen LogP contribution >= 0.6 is 11.6 Å². The van der Waals surface area contributed by atoms with Crippen molar-refractivity contribution in [2.75, 3.05) is 31.2 Å². The maximum absolute atomic E-state index is 12.4. The highest BCUT2D eigenvalue weighted by molar-refractivity contribution is 6.30. The van der Waals surface area contributed by atoms with Crippen molar-refractivity contribution in [1.82, 2.24) is 4.98 Å². The maximum atomic E-state index is 12.4. The van der Waals surface area contributed by atoms with Crippen molar-refractivity contribution in [2.45, 2.75) is 0 Å². The number of anilines is 1. The van der Waals surface area contributed by atoms with Gasteiger partial charge in [0.25, 0.3) is 0 Å². The van der Waals surface area contributed by atoms with E-state index in [4.69, 9.17) is 16.3 Å². The van der Waals surface area contributed by atoms with E-state index in [1.165, 1.54) is 6.20 Å². The topological polar surface area (TPSA) is 42.4 Å². The number of halogens is 1. The van der Waals surface area contributed by atoms with Crippen molar-refractivity contribution in [3.8, 4) is 0 Å². The van der Waals surface area contributed by atoms with Crippen LogP contribution in [0, 0.1) is 0 Å². The summed E-state index contributed by atoms with van der Waals surface area (Å²) in [4.78, 5) is 18.5. The monoisotopic (exact) mass is 302 g/mol. The first-order valence-electron chi connectivity index (χ1n) is 6.83. The van der Waals surface area contributed by atoms with E-state index in [0.717, 1.165) is 32.0 Å². The van der Waals surface area contributed by atoms with Crippen LogP contribution in [0.3, 0.4) is 0 Å². The Kier molecular flexibility index (Phi) is 4.18. The Morgan fingerprint density at radius 2 is 1.81 bits per heavy atom. The van der Waals surface area contributed by atoms with Gasteiger partial charge in [0, 0.05) is 36.1 Å². The van der Waals surface area contributed by atoms with Crippen LogP contribution in [0.2, 0.25) is 5.15 Å². The smallest absolute Gasteiger partial charge is 0.193 e. The second kappa shape index (κ2) is 6.24. The average molecular weight is 303 g/mol. The molecule has 0 unspecified atom stereocenters. The molecule has 1 fully saturated rings. The number of ether oxygens (including phenoxy) is 1. The zero-order chi connectivity index (χ0) is 14.7. The fraction of sp³-hybridized carbons (Fsp3) is 0.250. The molecule has 0 radical (unpaired) electrons. The van der Waals surface area contributed by atoms with E-state index in [0.29, 0.717) is 16.3 Å². The van der Waals surface area contributed by atoms with Gasteiger partial charge in [-0.15, -0.1) is 0 Å². The molecule has 21 heavy (non-hydrogen) atoms. The SMILES string of the molecule is O=C(c1ccc(N2CCOCC2)cc1)c1ccnc(Cl)c1. The first kappa shape index (κ1) is 14.0. The van der Waals surface area contributed by atoms with Crippen molar-refractivity contribution < 1.29 is 9.53 Å². The Morgan fingerprint density at radius 1 is 1.10 bits per heavy atom. The summed E-state index contributed by atoms with van der Waals surface area (Å²) in [7, 11) is 0. The zero-order valence-corrected chi connectivity index (χ0v) is 12.2. The molecule has 0 amide bonds. The van der Waals surface area contributed by atoms with Crippen LogP contribution in [0.5, 0.6) is 0 Å². The summed E-state index contributed by atoms with van der Waals surface area (Å²) in [6.45, 7) is 3.26. The van der Waals surface area contributed by atoms with Crippen LogP contribution < -0.4 is 4.90 Å². The van der Waals surface area contributed by atoms with Gasteiger partial charge in [0.15, 0.2) is 5.78 Å². The highest BCUT2D eigenvalue weighted by atomic mass is 35.5. The molecule has 0 atom stereocenters. The molecular formula is C16H15ClN2O2. The molecular weight excluding hydrogens is 288 g/mol. The van der Waals surface area contributed by atoms with Crippen molar-refractivity contribution in [3.05, 3.63) is 58.9 Å². The van der Waals surface area contributed by atoms with Crippen LogP contribution in [0.1, 0.15) is 15.9 Å². The normalized spacial score (nSPS) is 15.0. The number of hydrogen-bond donors (Lipinski definition) is 0. The fourth-order valence-corrected chi connectivity index (χ4v) is 2.53. The maximum Gasteiger partial charge on any atom is 0.193 e. The molecule has 3 rings (SSSR count). The number of carbonyl (C=O) groups is 1. The minimum atomic E-state index is -0.0483. The lowest BCUT2D eigenvalue weighted by atomic mass is 10.0. The van der Waals surface area contributed by atoms with Crippen LogP contribution in [-0.2, 0) is 4.74 Å². The van der Waals surface area contributed by atoms with E-state index in [-0.39, 0.29) is 5.78 Å². The molecule has 0 spiro atoms. The van der Waals surface area contributed by atoms with Crippen LogP contribution in [0.15, 0.2) is 42.6 Å². The van der Waals surface area contributed by atoms with E-state index >= 15 is 0 Å². The summed E-state index contributed by atoms with van der Waals surface area (Å²) < 4.78 is 5.34. The predicted octanol–water partition coefficient (Wildman–Crippen LogP) is 2.80. The number of ketones is 1. The van der Waals surface area contributed by atoms with Crippen LogP contribution in [0.25, 0.3) is 0 Å². The summed E-state index contributed by atoms with van der Waals surface area (Å²) in [5.41, 5.74) is 2.31. The number of hydrogen-bond acceptors (Lipinski definition) is 4. The quantitative estimate of drug-likeness (QED) is 0.646. The summed E-state index contributed by atoms with van der Waals surface area (Å²) in [5, 5.41) is 0.325. The summed E-state index contributed by atoms with van der Waals surface area (Å²) in [5.74, 6) is -0.0483. The first-order valence-corrected chi connectivity index (χ1v) is 7.21. The standard InChI is InChI=1S/C16H15ClN2O2/c17-15-11-13(5-6-18-15)16(20)12-1-3-14(4-2-12)19-7-9-21-10-8-19/h1-6,11H,7-10H2. The van der Waals surface area contributed by atoms with Crippen molar-refractivity contribution in [1.29, 1.82) is 0 Å². The number of pyridine rings is 1. The van der Waals surface area contributed by atoms with Gasteiger partial charge >= 0.3 is 0 Å². The van der Waals surface area contributed by atoms with Crippen LogP contribution in [0.4, 0.5) is 5.69 Å². The van der Waals surface area contributed by atoms with E-state index in [9.17, 15) is 4.79 Å². The Morgan fingerprint density at radius 3 is 2.48 bits per heavy atom. The Balaban J connectivity index is 1.78. The van der Waals surface area contributed by atoms with Crippen molar-refractivity contribution >= 4 is 23.1 Å². The molecule has 0 aliphatic carbocycles. The number of benzene rings is 1. The second-order valence-corrected chi connectivity index (χ2v) is 5.23. The Bertz CT molecular complexity index is 637. The number of aromatic nitrogens is 1. The average Bonchev–Trinajstić information content (AvgIpc) is 2.55. The molecule has 1 saturated heterocycles. The minimum absolute atomic E-state index is 0.0483. The summed E-state index contributed by atoms with van der Waals surface area (Å²) in [6, 6.07) is 10.9. The molecule has 108 valence electrons. The third kappa shape index (κ3) is 3.23. The number of carbonyl (C=O) groups excluding carboxylic acids is 1. The van der Waals surface area contributed by atoms with Gasteiger partial charge in [-0.25, -0.2) is 4.98 Å². The molecule has 1 aliphatic heterocycles. The number of morpholine rings is 1. The highest BCUT2D eigenvalue weighted by Crippen LogP contribution is 2.19. The summed E-state index contributed by atoms with van der Waals surface area (Å²) in [6.07, 6.45) is 1.54. The zero-order valence-electron chi connectivity index (χ0n) is 11.5. The third-order valence-electron chi connectivity index (χ3n) is 3.49. The van der Waals surface area contributed by atoms with Crippen molar-refractivity contribution in [3.63, 3.8) is 0 Å². The number of rotatable bonds is 3. The van der Waals surface area contributed by atoms with E-state index in [1.54, 1.807) is 12.1 Å². The lowest BCUT2D eigenvalue weighted by Crippen LogP contribution is -2.36. The van der Waals surface area contributed by atoms with Gasteiger partial charge in [-0.05, 0) is 36.4 Å². The van der Waals surface area contributed by atoms with Gasteiger partial charge in [0.1, 0.15) is 5.15 Å². The minimum Gasteiger partial charge on any atom is -0.378 e. The highest BCUT2D eigenvalue weighted by Gasteiger charge is 2.13. The lowest BCUT2D eigenvalue weighted by molar-refractivity contribution is 0.103.